The van der Waals surface area contributed by atoms with Crippen molar-refractivity contribution in [2.45, 2.75) is 53.1 Å². The van der Waals surface area contributed by atoms with Gasteiger partial charge in [-0.05, 0) is 35.8 Å². The fourth-order valence-corrected chi connectivity index (χ4v) is 2.38. The van der Waals surface area contributed by atoms with Crippen molar-refractivity contribution in [2.24, 2.45) is 11.8 Å². The van der Waals surface area contributed by atoms with E-state index in [1.807, 2.05) is 6.07 Å². The van der Waals surface area contributed by atoms with Gasteiger partial charge in [-0.3, -0.25) is 0 Å². The Morgan fingerprint density at radius 1 is 1.18 bits per heavy atom. The minimum absolute atomic E-state index is 0.238. The Hall–Kier alpha value is -0.820. The lowest BCUT2D eigenvalue weighted by molar-refractivity contribution is -0.0140. The molecule has 0 fully saturated rings. The molecule has 0 aliphatic rings. The Morgan fingerprint density at radius 2 is 1.82 bits per heavy atom. The summed E-state index contributed by atoms with van der Waals surface area (Å²) in [5, 5.41) is 10.7. The van der Waals surface area contributed by atoms with Gasteiger partial charge in [-0.1, -0.05) is 58.9 Å². The normalized spacial score (nSPS) is 15.3. The van der Waals surface area contributed by atoms with Crippen LogP contribution in [-0.2, 0) is 12.0 Å². The van der Waals surface area contributed by atoms with E-state index in [0.717, 1.165) is 18.4 Å². The van der Waals surface area contributed by atoms with Crippen molar-refractivity contribution in [1.29, 1.82) is 0 Å². The maximum atomic E-state index is 10.7. The fraction of sp³-hybridized carbons (Fsp3) is 0.625. The van der Waals surface area contributed by atoms with E-state index in [1.165, 1.54) is 5.56 Å². The predicted octanol–water partition coefficient (Wildman–Crippen LogP) is 4.14. The molecule has 0 radical (unpaired) electrons. The van der Waals surface area contributed by atoms with Crippen LogP contribution in [-0.4, -0.2) is 5.11 Å². The topological polar surface area (TPSA) is 20.2 Å². The highest BCUT2D eigenvalue weighted by molar-refractivity contribution is 5.29. The minimum atomic E-state index is -0.688. The average Bonchev–Trinajstić information content (AvgIpc) is 2.27. The molecule has 0 saturated heterocycles. The lowest BCUT2D eigenvalue weighted by atomic mass is 9.80. The third-order valence-electron chi connectivity index (χ3n) is 3.56. The van der Waals surface area contributed by atoms with Gasteiger partial charge < -0.3 is 5.11 Å². The molecule has 0 bridgehead atoms. The molecule has 1 rings (SSSR count). The van der Waals surface area contributed by atoms with Crippen molar-refractivity contribution >= 4 is 0 Å². The standard InChI is InChI=1S/C16H26O/c1-6-16(17,13(4)5)15-9-7-8-14(11-15)10-12(2)3/h7-9,11-13,17H,6,10H2,1-5H3. The Balaban J connectivity index is 3.05. The second-order valence-corrected chi connectivity index (χ2v) is 5.73. The molecule has 17 heavy (non-hydrogen) atoms. The van der Waals surface area contributed by atoms with Crippen LogP contribution in [0.25, 0.3) is 0 Å². The molecule has 1 aromatic rings. The molecule has 0 aliphatic carbocycles. The third kappa shape index (κ3) is 3.32. The summed E-state index contributed by atoms with van der Waals surface area (Å²) in [4.78, 5) is 0. The van der Waals surface area contributed by atoms with Gasteiger partial charge in [0.25, 0.3) is 0 Å². The summed E-state index contributed by atoms with van der Waals surface area (Å²) < 4.78 is 0. The van der Waals surface area contributed by atoms with Crippen LogP contribution in [0, 0.1) is 11.8 Å². The van der Waals surface area contributed by atoms with Crippen LogP contribution in [0.1, 0.15) is 52.2 Å². The monoisotopic (exact) mass is 234 g/mol. The van der Waals surface area contributed by atoms with Crippen LogP contribution in [0.15, 0.2) is 24.3 Å². The summed E-state index contributed by atoms with van der Waals surface area (Å²) in [6, 6.07) is 8.44. The van der Waals surface area contributed by atoms with E-state index in [-0.39, 0.29) is 5.92 Å². The van der Waals surface area contributed by atoms with E-state index in [4.69, 9.17) is 0 Å². The average molecular weight is 234 g/mol. The zero-order valence-electron chi connectivity index (χ0n) is 11.8. The minimum Gasteiger partial charge on any atom is -0.385 e. The van der Waals surface area contributed by atoms with E-state index >= 15 is 0 Å². The molecule has 0 saturated carbocycles. The van der Waals surface area contributed by atoms with Crippen molar-refractivity contribution in [3.8, 4) is 0 Å². The highest BCUT2D eigenvalue weighted by Crippen LogP contribution is 2.33. The molecule has 0 heterocycles. The number of hydrogen-bond donors (Lipinski definition) is 1. The van der Waals surface area contributed by atoms with Crippen LogP contribution < -0.4 is 0 Å². The highest BCUT2D eigenvalue weighted by Gasteiger charge is 2.30. The summed E-state index contributed by atoms with van der Waals surface area (Å²) in [6.45, 7) is 10.7. The van der Waals surface area contributed by atoms with E-state index in [1.54, 1.807) is 0 Å². The summed E-state index contributed by atoms with van der Waals surface area (Å²) >= 11 is 0. The van der Waals surface area contributed by atoms with Crippen LogP contribution in [0.2, 0.25) is 0 Å². The Labute approximate surface area is 106 Å². The van der Waals surface area contributed by atoms with Gasteiger partial charge in [0, 0.05) is 0 Å². The van der Waals surface area contributed by atoms with Gasteiger partial charge in [-0.2, -0.15) is 0 Å². The fourth-order valence-electron chi connectivity index (χ4n) is 2.38. The van der Waals surface area contributed by atoms with Crippen LogP contribution in [0.3, 0.4) is 0 Å². The molecule has 1 N–H and O–H groups in total. The molecule has 1 nitrogen and oxygen atoms in total. The molecule has 1 unspecified atom stereocenters. The molecule has 0 spiro atoms. The second-order valence-electron chi connectivity index (χ2n) is 5.73. The van der Waals surface area contributed by atoms with Crippen molar-refractivity contribution in [2.75, 3.05) is 0 Å². The molecule has 1 heteroatoms. The molecule has 0 amide bonds. The quantitative estimate of drug-likeness (QED) is 0.812. The summed E-state index contributed by atoms with van der Waals surface area (Å²) in [6.07, 6.45) is 1.83. The lowest BCUT2D eigenvalue weighted by Crippen LogP contribution is -2.31. The Morgan fingerprint density at radius 3 is 2.29 bits per heavy atom. The lowest BCUT2D eigenvalue weighted by Gasteiger charge is -2.32. The van der Waals surface area contributed by atoms with E-state index in [2.05, 4.69) is 52.8 Å². The van der Waals surface area contributed by atoms with Gasteiger partial charge in [-0.25, -0.2) is 0 Å². The smallest absolute Gasteiger partial charge is 0.0916 e. The van der Waals surface area contributed by atoms with E-state index in [9.17, 15) is 5.11 Å². The molecular formula is C16H26O. The largest absolute Gasteiger partial charge is 0.385 e. The van der Waals surface area contributed by atoms with Gasteiger partial charge in [-0.15, -0.1) is 0 Å². The molecular weight excluding hydrogens is 208 g/mol. The second kappa shape index (κ2) is 5.68. The molecule has 1 aromatic carbocycles. The zero-order valence-corrected chi connectivity index (χ0v) is 11.8. The predicted molar refractivity (Wildman–Crippen MR) is 74.0 cm³/mol. The Bertz CT molecular complexity index is 354. The third-order valence-corrected chi connectivity index (χ3v) is 3.56. The first-order valence-corrected chi connectivity index (χ1v) is 6.72. The molecule has 0 aliphatic heterocycles. The van der Waals surface area contributed by atoms with Gasteiger partial charge in [0.2, 0.25) is 0 Å². The van der Waals surface area contributed by atoms with Gasteiger partial charge in [0.1, 0.15) is 0 Å². The molecule has 1 atom stereocenters. The Kier molecular flexibility index (Phi) is 4.76. The summed E-state index contributed by atoms with van der Waals surface area (Å²) in [7, 11) is 0. The van der Waals surface area contributed by atoms with Crippen LogP contribution in [0.4, 0.5) is 0 Å². The number of rotatable bonds is 5. The van der Waals surface area contributed by atoms with E-state index < -0.39 is 5.60 Å². The van der Waals surface area contributed by atoms with Crippen molar-refractivity contribution in [1.82, 2.24) is 0 Å². The van der Waals surface area contributed by atoms with Gasteiger partial charge in [0.05, 0.1) is 5.60 Å². The van der Waals surface area contributed by atoms with Gasteiger partial charge >= 0.3 is 0 Å². The number of hydrogen-bond acceptors (Lipinski definition) is 1. The van der Waals surface area contributed by atoms with E-state index in [0.29, 0.717) is 5.92 Å². The zero-order chi connectivity index (χ0) is 13.1. The molecule has 96 valence electrons. The van der Waals surface area contributed by atoms with Crippen molar-refractivity contribution < 1.29 is 5.11 Å². The maximum Gasteiger partial charge on any atom is 0.0916 e. The number of benzene rings is 1. The summed E-state index contributed by atoms with van der Waals surface area (Å²) in [5.41, 5.74) is 1.70. The van der Waals surface area contributed by atoms with Crippen molar-refractivity contribution in [3.05, 3.63) is 35.4 Å². The molecule has 0 aromatic heterocycles. The highest BCUT2D eigenvalue weighted by atomic mass is 16.3. The van der Waals surface area contributed by atoms with Crippen LogP contribution >= 0.6 is 0 Å². The van der Waals surface area contributed by atoms with Gasteiger partial charge in [0.15, 0.2) is 0 Å². The number of aliphatic hydroxyl groups is 1. The maximum absolute atomic E-state index is 10.7. The first-order chi connectivity index (χ1) is 7.90. The first kappa shape index (κ1) is 14.2. The summed E-state index contributed by atoms with van der Waals surface area (Å²) in [5.74, 6) is 0.890. The van der Waals surface area contributed by atoms with Crippen molar-refractivity contribution in [3.63, 3.8) is 0 Å². The SMILES string of the molecule is CCC(O)(c1cccc(CC(C)C)c1)C(C)C. The van der Waals surface area contributed by atoms with Crippen LogP contribution in [0.5, 0.6) is 0 Å². The first-order valence-electron chi connectivity index (χ1n) is 6.72.